The van der Waals surface area contributed by atoms with Crippen LogP contribution in [0.5, 0.6) is 0 Å². The first-order chi connectivity index (χ1) is 9.88. The summed E-state index contributed by atoms with van der Waals surface area (Å²) in [6.07, 6.45) is 1.54. The lowest BCUT2D eigenvalue weighted by atomic mass is 10.1. The monoisotopic (exact) mass is 294 g/mol. The maximum Gasteiger partial charge on any atom is 0.341 e. The Balaban J connectivity index is 2.18. The number of rotatable bonds is 5. The van der Waals surface area contributed by atoms with Crippen LogP contribution in [0.2, 0.25) is 0 Å². The van der Waals surface area contributed by atoms with Gasteiger partial charge in [-0.15, -0.1) is 0 Å². The molecule has 0 aliphatic carbocycles. The van der Waals surface area contributed by atoms with Gasteiger partial charge in [0, 0.05) is 18.9 Å². The molecule has 0 radical (unpaired) electrons. The second-order valence-corrected chi connectivity index (χ2v) is 5.41. The van der Waals surface area contributed by atoms with Crippen molar-refractivity contribution in [1.82, 2.24) is 9.88 Å². The average Bonchev–Trinajstić information content (AvgIpc) is 2.38. The molecule has 21 heavy (non-hydrogen) atoms. The van der Waals surface area contributed by atoms with Gasteiger partial charge in [-0.2, -0.15) is 0 Å². The first-order valence-corrected chi connectivity index (χ1v) is 6.78. The van der Waals surface area contributed by atoms with Gasteiger partial charge in [-0.05, 0) is 12.3 Å². The van der Waals surface area contributed by atoms with Crippen LogP contribution in [0.4, 0.5) is 0 Å². The van der Waals surface area contributed by atoms with Gasteiger partial charge in [-0.3, -0.25) is 9.59 Å². The molecule has 0 bridgehead atoms. The predicted molar refractivity (Wildman–Crippen MR) is 74.3 cm³/mol. The largest absolute Gasteiger partial charge is 0.477 e. The third-order valence-electron chi connectivity index (χ3n) is 3.26. The van der Waals surface area contributed by atoms with Gasteiger partial charge in [0.25, 0.3) is 5.91 Å². The van der Waals surface area contributed by atoms with Gasteiger partial charge in [0.1, 0.15) is 17.5 Å². The van der Waals surface area contributed by atoms with E-state index in [0.717, 1.165) is 12.5 Å². The van der Waals surface area contributed by atoms with Crippen molar-refractivity contribution >= 4 is 11.9 Å². The Labute approximate surface area is 121 Å². The van der Waals surface area contributed by atoms with Crippen molar-refractivity contribution in [1.29, 1.82) is 0 Å². The summed E-state index contributed by atoms with van der Waals surface area (Å²) in [7, 11) is 0. The topological polar surface area (TPSA) is 97.6 Å². The number of hydrogen-bond acceptors (Lipinski definition) is 4. The summed E-state index contributed by atoms with van der Waals surface area (Å²) in [4.78, 5) is 34.5. The minimum atomic E-state index is -1.31. The van der Waals surface area contributed by atoms with Crippen LogP contribution >= 0.6 is 0 Å². The van der Waals surface area contributed by atoms with Crippen molar-refractivity contribution in [2.24, 2.45) is 5.92 Å². The zero-order valence-electron chi connectivity index (χ0n) is 12.0. The maximum absolute atomic E-state index is 11.9. The Bertz CT molecular complexity index is 620. The number of amides is 1. The van der Waals surface area contributed by atoms with E-state index < -0.39 is 23.5 Å². The lowest BCUT2D eigenvalue weighted by molar-refractivity contribution is 0.00654. The van der Waals surface area contributed by atoms with Crippen LogP contribution in [0.15, 0.2) is 17.1 Å². The second kappa shape index (κ2) is 6.09. The molecule has 1 aromatic heterocycles. The summed E-state index contributed by atoms with van der Waals surface area (Å²) >= 11 is 0. The molecule has 2 N–H and O–H groups in total. The Morgan fingerprint density at radius 1 is 1.52 bits per heavy atom. The van der Waals surface area contributed by atoms with Crippen molar-refractivity contribution in [2.45, 2.75) is 33.0 Å². The molecule has 7 nitrogen and oxygen atoms in total. The van der Waals surface area contributed by atoms with Gasteiger partial charge in [0.15, 0.2) is 5.43 Å². The third-order valence-corrected chi connectivity index (χ3v) is 3.26. The van der Waals surface area contributed by atoms with Gasteiger partial charge >= 0.3 is 5.97 Å². The number of pyridine rings is 1. The zero-order valence-corrected chi connectivity index (χ0v) is 12.0. The Morgan fingerprint density at radius 3 is 2.86 bits per heavy atom. The molecule has 0 unspecified atom stereocenters. The molecular formula is C14H18N2O5. The predicted octanol–water partition coefficient (Wildman–Crippen LogP) is 0.679. The molecule has 2 rings (SSSR count). The fourth-order valence-electron chi connectivity index (χ4n) is 2.07. The number of nitrogens with zero attached hydrogens (tertiary/aromatic N) is 1. The van der Waals surface area contributed by atoms with Crippen molar-refractivity contribution in [3.8, 4) is 0 Å². The number of hydrogen-bond donors (Lipinski definition) is 2. The summed E-state index contributed by atoms with van der Waals surface area (Å²) in [5, 5.41) is 11.6. The third kappa shape index (κ3) is 3.49. The van der Waals surface area contributed by atoms with Gasteiger partial charge < -0.3 is 19.7 Å². The number of nitrogens with one attached hydrogen (secondary N) is 1. The average molecular weight is 294 g/mol. The Hall–Kier alpha value is -2.15. The molecule has 1 aliphatic rings. The number of carboxylic acids is 1. The summed E-state index contributed by atoms with van der Waals surface area (Å²) in [5.41, 5.74) is -0.883. The first kappa shape index (κ1) is 15.2. The van der Waals surface area contributed by atoms with Crippen LogP contribution in [0.3, 0.4) is 0 Å². The van der Waals surface area contributed by atoms with Gasteiger partial charge in [-0.25, -0.2) is 4.79 Å². The van der Waals surface area contributed by atoms with E-state index in [1.54, 1.807) is 0 Å². The van der Waals surface area contributed by atoms with E-state index in [1.807, 2.05) is 0 Å². The molecule has 0 saturated heterocycles. The van der Waals surface area contributed by atoms with E-state index in [4.69, 9.17) is 9.84 Å². The highest BCUT2D eigenvalue weighted by Gasteiger charge is 2.26. The molecule has 114 valence electrons. The lowest BCUT2D eigenvalue weighted by Gasteiger charge is -2.27. The van der Waals surface area contributed by atoms with Crippen molar-refractivity contribution in [3.05, 3.63) is 33.7 Å². The van der Waals surface area contributed by atoms with Crippen molar-refractivity contribution in [2.75, 3.05) is 6.61 Å². The van der Waals surface area contributed by atoms with Gasteiger partial charge in [0.2, 0.25) is 0 Å². The highest BCUT2D eigenvalue weighted by Crippen LogP contribution is 2.11. The molecule has 1 aromatic rings. The zero-order chi connectivity index (χ0) is 15.6. The first-order valence-electron chi connectivity index (χ1n) is 6.78. The number of carboxylic acid groups (broad SMARTS) is 1. The number of aromatic carboxylic acids is 1. The fraction of sp³-hybridized carbons (Fsp3) is 0.500. The molecule has 1 atom stereocenters. The molecule has 7 heteroatoms. The van der Waals surface area contributed by atoms with Crippen LogP contribution < -0.4 is 10.7 Å². The molecular weight excluding hydrogens is 276 g/mol. The van der Waals surface area contributed by atoms with E-state index in [2.05, 4.69) is 19.2 Å². The van der Waals surface area contributed by atoms with Crippen LogP contribution in [-0.4, -0.2) is 34.4 Å². The van der Waals surface area contributed by atoms with E-state index in [9.17, 15) is 14.4 Å². The number of ether oxygens (including phenoxy) is 1. The summed E-state index contributed by atoms with van der Waals surface area (Å²) in [6, 6.07) is 1.04. The Morgan fingerprint density at radius 2 is 2.24 bits per heavy atom. The smallest absolute Gasteiger partial charge is 0.341 e. The standard InChI is InChI=1S/C14H18N2O5/c1-8(2)3-4-21-12-7-16-6-9(14(19)20)11(17)5-10(16)13(18)15-12/h5-6,8,12H,3-4,7H2,1-2H3,(H,15,18)(H,19,20)/t12-/m0/s1. The second-order valence-electron chi connectivity index (χ2n) is 5.41. The lowest BCUT2D eigenvalue weighted by Crippen LogP contribution is -2.47. The van der Waals surface area contributed by atoms with E-state index in [-0.39, 0.29) is 17.8 Å². The fourth-order valence-corrected chi connectivity index (χ4v) is 2.07. The van der Waals surface area contributed by atoms with Crippen LogP contribution in [-0.2, 0) is 11.3 Å². The van der Waals surface area contributed by atoms with Gasteiger partial charge in [-0.1, -0.05) is 13.8 Å². The molecule has 0 fully saturated rings. The quantitative estimate of drug-likeness (QED) is 0.832. The number of aromatic nitrogens is 1. The Kier molecular flexibility index (Phi) is 4.42. The van der Waals surface area contributed by atoms with E-state index in [0.29, 0.717) is 12.5 Å². The highest BCUT2D eigenvalue weighted by molar-refractivity contribution is 5.94. The summed E-state index contributed by atoms with van der Waals surface area (Å²) < 4.78 is 7.02. The van der Waals surface area contributed by atoms with Crippen molar-refractivity contribution < 1.29 is 19.4 Å². The molecule has 0 aromatic carbocycles. The van der Waals surface area contributed by atoms with E-state index in [1.165, 1.54) is 10.8 Å². The van der Waals surface area contributed by atoms with E-state index >= 15 is 0 Å². The normalized spacial score (nSPS) is 17.5. The van der Waals surface area contributed by atoms with Gasteiger partial charge in [0.05, 0.1) is 6.54 Å². The minimum Gasteiger partial charge on any atom is -0.477 e. The molecule has 1 aliphatic heterocycles. The number of carbonyl (C=O) groups is 2. The molecule has 1 amide bonds. The molecule has 0 saturated carbocycles. The summed E-state index contributed by atoms with van der Waals surface area (Å²) in [6.45, 7) is 4.92. The highest BCUT2D eigenvalue weighted by atomic mass is 16.5. The minimum absolute atomic E-state index is 0.147. The molecule has 0 spiro atoms. The van der Waals surface area contributed by atoms with Crippen LogP contribution in [0, 0.1) is 5.92 Å². The van der Waals surface area contributed by atoms with Crippen LogP contribution in [0.1, 0.15) is 41.1 Å². The number of carbonyl (C=O) groups excluding carboxylic acids is 1. The summed E-state index contributed by atoms with van der Waals surface area (Å²) in [5.74, 6) is -1.26. The number of fused-ring (bicyclic) bond motifs is 1. The van der Waals surface area contributed by atoms with Crippen molar-refractivity contribution in [3.63, 3.8) is 0 Å². The van der Waals surface area contributed by atoms with Crippen LogP contribution in [0.25, 0.3) is 0 Å². The SMILES string of the molecule is CC(C)CCO[C@H]1Cn2cc(C(=O)O)c(=O)cc2C(=O)N1. The molecule has 2 heterocycles. The maximum atomic E-state index is 11.9.